The molecule has 0 aliphatic rings. The summed E-state index contributed by atoms with van der Waals surface area (Å²) >= 11 is 6.98. The molecule has 72 valence electrons. The summed E-state index contributed by atoms with van der Waals surface area (Å²) in [5.74, 6) is 0. The molecule has 5 heteroatoms. The van der Waals surface area contributed by atoms with E-state index in [-0.39, 0.29) is 0 Å². The van der Waals surface area contributed by atoms with Crippen LogP contribution in [0.2, 0.25) is 5.28 Å². The predicted molar refractivity (Wildman–Crippen MR) is 56.6 cm³/mol. The highest BCUT2D eigenvalue weighted by Gasteiger charge is 2.01. The van der Waals surface area contributed by atoms with Crippen molar-refractivity contribution in [2.24, 2.45) is 0 Å². The van der Waals surface area contributed by atoms with Crippen LogP contribution in [0.5, 0.6) is 0 Å². The van der Waals surface area contributed by atoms with Crippen LogP contribution in [0.1, 0.15) is 10.6 Å². The average molecular weight is 226 g/mol. The number of pyridine rings is 1. The smallest absolute Gasteiger partial charge is 0.234 e. The third kappa shape index (κ3) is 2.49. The van der Waals surface area contributed by atoms with Crippen molar-refractivity contribution >= 4 is 23.1 Å². The lowest BCUT2D eigenvalue weighted by Crippen LogP contribution is -1.90. The maximum atomic E-state index is 5.62. The number of aromatic nitrogens is 3. The lowest BCUT2D eigenvalue weighted by molar-refractivity contribution is 0.939. The van der Waals surface area contributed by atoms with Crippen molar-refractivity contribution in [2.75, 3.05) is 0 Å². The number of hydrogen-bond donors (Lipinski definition) is 0. The monoisotopic (exact) mass is 225 g/mol. The summed E-state index contributed by atoms with van der Waals surface area (Å²) < 4.78 is 3.91. The van der Waals surface area contributed by atoms with Gasteiger partial charge in [-0.1, -0.05) is 0 Å². The number of aryl methyl sites for hydroxylation is 2. The molecule has 0 radical (unpaired) electrons. The fourth-order valence-corrected chi connectivity index (χ4v) is 1.93. The minimum Gasteiger partial charge on any atom is -0.265 e. The highest BCUT2D eigenvalue weighted by atomic mass is 35.5. The van der Waals surface area contributed by atoms with Gasteiger partial charge in [-0.15, -0.1) is 0 Å². The molecular weight excluding hydrogens is 218 g/mol. The van der Waals surface area contributed by atoms with E-state index in [1.54, 1.807) is 12.4 Å². The molecule has 14 heavy (non-hydrogen) atoms. The zero-order chi connectivity index (χ0) is 9.80. The quantitative estimate of drug-likeness (QED) is 0.805. The van der Waals surface area contributed by atoms with E-state index in [9.17, 15) is 0 Å². The molecule has 0 saturated carbocycles. The maximum absolute atomic E-state index is 5.62. The molecule has 0 saturated heterocycles. The highest BCUT2D eigenvalue weighted by Crippen LogP contribution is 2.11. The van der Waals surface area contributed by atoms with Crippen LogP contribution in [0.25, 0.3) is 0 Å². The molecule has 0 aliphatic heterocycles. The topological polar surface area (TPSA) is 38.7 Å². The van der Waals surface area contributed by atoms with Crippen molar-refractivity contribution in [3.63, 3.8) is 0 Å². The second-order valence-electron chi connectivity index (χ2n) is 2.81. The first-order valence-corrected chi connectivity index (χ1v) is 5.37. The Morgan fingerprint density at radius 3 is 2.64 bits per heavy atom. The van der Waals surface area contributed by atoms with Gasteiger partial charge in [0.25, 0.3) is 0 Å². The van der Waals surface area contributed by atoms with Crippen LogP contribution >= 0.6 is 23.1 Å². The van der Waals surface area contributed by atoms with Crippen LogP contribution in [-0.4, -0.2) is 14.3 Å². The van der Waals surface area contributed by atoms with Gasteiger partial charge in [-0.2, -0.15) is 4.37 Å². The molecule has 3 nitrogen and oxygen atoms in total. The van der Waals surface area contributed by atoms with Gasteiger partial charge >= 0.3 is 0 Å². The molecular formula is C9H8ClN3S. The summed E-state index contributed by atoms with van der Waals surface area (Å²) in [7, 11) is 0. The third-order valence-electron chi connectivity index (χ3n) is 1.82. The molecule has 0 aliphatic carbocycles. The molecule has 0 atom stereocenters. The summed E-state index contributed by atoms with van der Waals surface area (Å²) in [4.78, 5) is 8.04. The Balaban J connectivity index is 1.95. The summed E-state index contributed by atoms with van der Waals surface area (Å²) in [5.41, 5.74) is 1.26. The normalized spacial score (nSPS) is 10.4. The lowest BCUT2D eigenvalue weighted by Gasteiger charge is -1.96. The molecule has 0 N–H and O–H groups in total. The number of halogens is 1. The van der Waals surface area contributed by atoms with E-state index in [2.05, 4.69) is 14.3 Å². The molecule has 0 fully saturated rings. The first-order chi connectivity index (χ1) is 6.84. The number of rotatable bonds is 3. The Morgan fingerprint density at radius 2 is 2.00 bits per heavy atom. The van der Waals surface area contributed by atoms with Gasteiger partial charge in [0.1, 0.15) is 5.01 Å². The Hall–Kier alpha value is -1.00. The van der Waals surface area contributed by atoms with Crippen LogP contribution in [0, 0.1) is 0 Å². The fourth-order valence-electron chi connectivity index (χ4n) is 1.14. The van der Waals surface area contributed by atoms with Gasteiger partial charge in [-0.25, -0.2) is 4.98 Å². The Morgan fingerprint density at radius 1 is 1.21 bits per heavy atom. The minimum atomic E-state index is 0.347. The molecule has 2 heterocycles. The van der Waals surface area contributed by atoms with Crippen molar-refractivity contribution in [3.8, 4) is 0 Å². The average Bonchev–Trinajstić information content (AvgIpc) is 2.63. The van der Waals surface area contributed by atoms with E-state index in [0.717, 1.165) is 17.8 Å². The van der Waals surface area contributed by atoms with E-state index in [1.165, 1.54) is 17.1 Å². The molecule has 2 aromatic rings. The van der Waals surface area contributed by atoms with Gasteiger partial charge in [0.2, 0.25) is 5.28 Å². The minimum absolute atomic E-state index is 0.347. The van der Waals surface area contributed by atoms with Crippen LogP contribution in [0.15, 0.2) is 24.5 Å². The van der Waals surface area contributed by atoms with Gasteiger partial charge in [0.05, 0.1) is 0 Å². The summed E-state index contributed by atoms with van der Waals surface area (Å²) in [5, 5.41) is 1.33. The molecule has 2 rings (SSSR count). The molecule has 2 aromatic heterocycles. The highest BCUT2D eigenvalue weighted by molar-refractivity contribution is 7.05. The van der Waals surface area contributed by atoms with Gasteiger partial charge in [0, 0.05) is 18.8 Å². The van der Waals surface area contributed by atoms with Gasteiger partial charge in [0.15, 0.2) is 0 Å². The third-order valence-corrected chi connectivity index (χ3v) is 2.86. The molecule has 0 spiro atoms. The van der Waals surface area contributed by atoms with Crippen LogP contribution in [0.4, 0.5) is 0 Å². The van der Waals surface area contributed by atoms with E-state index in [4.69, 9.17) is 11.6 Å². The molecule has 0 bridgehead atoms. The van der Waals surface area contributed by atoms with E-state index in [0.29, 0.717) is 5.28 Å². The molecule has 0 amide bonds. The zero-order valence-electron chi connectivity index (χ0n) is 7.35. The Bertz CT molecular complexity index is 401. The second kappa shape index (κ2) is 4.48. The second-order valence-corrected chi connectivity index (χ2v) is 3.99. The lowest BCUT2D eigenvalue weighted by atomic mass is 10.1. The molecule has 0 aromatic carbocycles. The standard InChI is InChI=1S/C9H8ClN3S/c10-9-12-8(14-13-9)2-1-7-3-5-11-6-4-7/h3-6H,1-2H2. The van der Waals surface area contributed by atoms with Crippen LogP contribution in [0.3, 0.4) is 0 Å². The summed E-state index contributed by atoms with van der Waals surface area (Å²) in [6.07, 6.45) is 5.42. The summed E-state index contributed by atoms with van der Waals surface area (Å²) in [6, 6.07) is 4.01. The first kappa shape index (κ1) is 9.55. The van der Waals surface area contributed by atoms with Crippen molar-refractivity contribution in [1.29, 1.82) is 0 Å². The van der Waals surface area contributed by atoms with Crippen LogP contribution in [-0.2, 0) is 12.8 Å². The largest absolute Gasteiger partial charge is 0.265 e. The van der Waals surface area contributed by atoms with E-state index < -0.39 is 0 Å². The predicted octanol–water partition coefficient (Wildman–Crippen LogP) is 2.37. The van der Waals surface area contributed by atoms with Gasteiger partial charge in [-0.3, -0.25) is 4.98 Å². The SMILES string of the molecule is Clc1nsc(CCc2ccncc2)n1. The van der Waals surface area contributed by atoms with Crippen LogP contribution < -0.4 is 0 Å². The van der Waals surface area contributed by atoms with Crippen molar-refractivity contribution in [2.45, 2.75) is 12.8 Å². The molecule has 0 unspecified atom stereocenters. The van der Waals surface area contributed by atoms with Gasteiger partial charge < -0.3 is 0 Å². The zero-order valence-corrected chi connectivity index (χ0v) is 8.92. The van der Waals surface area contributed by atoms with Gasteiger partial charge in [-0.05, 0) is 47.3 Å². The Labute approximate surface area is 91.0 Å². The van der Waals surface area contributed by atoms with Crippen molar-refractivity contribution < 1.29 is 0 Å². The first-order valence-electron chi connectivity index (χ1n) is 4.21. The van der Waals surface area contributed by atoms with E-state index >= 15 is 0 Å². The number of hydrogen-bond acceptors (Lipinski definition) is 4. The number of nitrogens with zero attached hydrogens (tertiary/aromatic N) is 3. The van der Waals surface area contributed by atoms with Crippen molar-refractivity contribution in [1.82, 2.24) is 14.3 Å². The summed E-state index contributed by atoms with van der Waals surface area (Å²) in [6.45, 7) is 0. The van der Waals surface area contributed by atoms with E-state index in [1.807, 2.05) is 12.1 Å². The van der Waals surface area contributed by atoms with Crippen molar-refractivity contribution in [3.05, 3.63) is 40.4 Å². The Kier molecular flexibility index (Phi) is 3.06. The fraction of sp³-hybridized carbons (Fsp3) is 0.222. The maximum Gasteiger partial charge on any atom is 0.234 e.